The molecule has 0 radical (unpaired) electrons. The summed E-state index contributed by atoms with van der Waals surface area (Å²) in [4.78, 5) is 27.2. The van der Waals surface area contributed by atoms with Gasteiger partial charge in [-0.25, -0.2) is 0 Å². The highest BCUT2D eigenvalue weighted by Crippen LogP contribution is 2.33. The zero-order chi connectivity index (χ0) is 15.6. The highest BCUT2D eigenvalue weighted by Gasteiger charge is 2.34. The maximum atomic E-state index is 12.1. The molecule has 0 spiro atoms. The van der Waals surface area contributed by atoms with E-state index in [2.05, 4.69) is 21.9 Å². The third-order valence-electron chi connectivity index (χ3n) is 2.87. The fourth-order valence-corrected chi connectivity index (χ4v) is 3.44. The first-order valence-electron chi connectivity index (χ1n) is 6.09. The minimum atomic E-state index is -0.337. The molecule has 0 N–H and O–H groups in total. The number of benzene rings is 1. The van der Waals surface area contributed by atoms with E-state index in [1.165, 1.54) is 0 Å². The summed E-state index contributed by atoms with van der Waals surface area (Å²) < 4.78 is 0.920. The topological polar surface area (TPSA) is 40.6 Å². The molecule has 1 aliphatic rings. The maximum absolute atomic E-state index is 12.1. The number of nitrogens with zero attached hydrogens (tertiary/aromatic N) is 2. The third kappa shape index (κ3) is 3.31. The normalized spacial score (nSPS) is 16.5. The van der Waals surface area contributed by atoms with Crippen molar-refractivity contribution in [1.29, 1.82) is 0 Å². The largest absolute Gasteiger partial charge is 0.377 e. The maximum Gasteiger partial charge on any atom is 0.294 e. The van der Waals surface area contributed by atoms with Crippen molar-refractivity contribution in [3.8, 4) is 12.3 Å². The molecule has 1 aliphatic heterocycles. The lowest BCUT2D eigenvalue weighted by atomic mass is 10.2. The van der Waals surface area contributed by atoms with Gasteiger partial charge in [-0.3, -0.25) is 14.5 Å². The SMILES string of the molecule is C#CCN1C(=O)SC(=Cc2ccc(N(C)C)c(Br)c2)C1=O. The van der Waals surface area contributed by atoms with E-state index in [0.717, 1.165) is 32.4 Å². The summed E-state index contributed by atoms with van der Waals surface area (Å²) in [6.07, 6.45) is 6.86. The molecule has 21 heavy (non-hydrogen) atoms. The summed E-state index contributed by atoms with van der Waals surface area (Å²) >= 11 is 4.40. The van der Waals surface area contributed by atoms with E-state index in [1.807, 2.05) is 37.2 Å². The van der Waals surface area contributed by atoms with Crippen molar-refractivity contribution in [3.63, 3.8) is 0 Å². The van der Waals surface area contributed by atoms with Crippen LogP contribution in [0, 0.1) is 12.3 Å². The van der Waals surface area contributed by atoms with Crippen LogP contribution in [0.2, 0.25) is 0 Å². The molecule has 1 aromatic rings. The molecule has 1 heterocycles. The molecule has 0 atom stereocenters. The second kappa shape index (κ2) is 6.37. The average Bonchev–Trinajstić information content (AvgIpc) is 2.66. The van der Waals surface area contributed by atoms with Crippen molar-refractivity contribution in [3.05, 3.63) is 33.1 Å². The van der Waals surface area contributed by atoms with Crippen molar-refractivity contribution in [2.75, 3.05) is 25.5 Å². The predicted octanol–water partition coefficient (Wildman–Crippen LogP) is 3.18. The number of terminal acetylenes is 1. The molecule has 0 aromatic heterocycles. The number of imide groups is 1. The fourth-order valence-electron chi connectivity index (χ4n) is 1.85. The Morgan fingerprint density at radius 1 is 1.43 bits per heavy atom. The molecule has 0 bridgehead atoms. The predicted molar refractivity (Wildman–Crippen MR) is 90.0 cm³/mol. The van der Waals surface area contributed by atoms with Gasteiger partial charge in [-0.15, -0.1) is 6.42 Å². The van der Waals surface area contributed by atoms with Gasteiger partial charge in [-0.05, 0) is 51.5 Å². The Balaban J connectivity index is 2.29. The van der Waals surface area contributed by atoms with Crippen LogP contribution in [-0.2, 0) is 4.79 Å². The number of anilines is 1. The number of amides is 2. The van der Waals surface area contributed by atoms with Crippen molar-refractivity contribution >= 4 is 50.6 Å². The summed E-state index contributed by atoms with van der Waals surface area (Å²) in [5, 5.41) is -0.326. The van der Waals surface area contributed by atoms with Crippen LogP contribution < -0.4 is 4.90 Å². The molecule has 2 amide bonds. The lowest BCUT2D eigenvalue weighted by Gasteiger charge is -2.14. The summed E-state index contributed by atoms with van der Waals surface area (Å²) in [6, 6.07) is 5.75. The van der Waals surface area contributed by atoms with Gasteiger partial charge >= 0.3 is 0 Å². The number of hydrogen-bond acceptors (Lipinski definition) is 4. The van der Waals surface area contributed by atoms with Crippen LogP contribution in [-0.4, -0.2) is 36.7 Å². The summed E-state index contributed by atoms with van der Waals surface area (Å²) in [5.74, 6) is 1.98. The lowest BCUT2D eigenvalue weighted by Crippen LogP contribution is -2.28. The van der Waals surface area contributed by atoms with Gasteiger partial charge in [0.05, 0.1) is 17.1 Å². The number of thioether (sulfide) groups is 1. The summed E-state index contributed by atoms with van der Waals surface area (Å²) in [5.41, 5.74) is 1.88. The van der Waals surface area contributed by atoms with Gasteiger partial charge in [0.2, 0.25) is 0 Å². The highest BCUT2D eigenvalue weighted by atomic mass is 79.9. The number of rotatable bonds is 3. The lowest BCUT2D eigenvalue weighted by molar-refractivity contribution is -0.122. The van der Waals surface area contributed by atoms with Crippen LogP contribution in [0.4, 0.5) is 10.5 Å². The summed E-state index contributed by atoms with van der Waals surface area (Å²) in [7, 11) is 3.90. The fraction of sp³-hybridized carbons (Fsp3) is 0.200. The van der Waals surface area contributed by atoms with Gasteiger partial charge in [0.25, 0.3) is 11.1 Å². The zero-order valence-corrected chi connectivity index (χ0v) is 14.0. The van der Waals surface area contributed by atoms with Gasteiger partial charge in [0.15, 0.2) is 0 Å². The van der Waals surface area contributed by atoms with E-state index in [0.29, 0.717) is 4.91 Å². The molecule has 0 aliphatic carbocycles. The first kappa shape index (κ1) is 15.7. The number of halogens is 1. The van der Waals surface area contributed by atoms with Crippen LogP contribution in [0.1, 0.15) is 5.56 Å². The molecule has 2 rings (SSSR count). The van der Waals surface area contributed by atoms with Crippen LogP contribution in [0.5, 0.6) is 0 Å². The van der Waals surface area contributed by atoms with Gasteiger partial charge in [0.1, 0.15) is 0 Å². The van der Waals surface area contributed by atoms with Gasteiger partial charge < -0.3 is 4.90 Å². The van der Waals surface area contributed by atoms with Crippen molar-refractivity contribution in [2.45, 2.75) is 0 Å². The standard InChI is InChI=1S/C15H13BrN2O2S/c1-4-7-18-14(19)13(21-15(18)20)9-10-5-6-12(17(2)3)11(16)8-10/h1,5-6,8-9H,7H2,2-3H3. The smallest absolute Gasteiger partial charge is 0.294 e. The van der Waals surface area contributed by atoms with Crippen molar-refractivity contribution < 1.29 is 9.59 Å². The van der Waals surface area contributed by atoms with E-state index in [9.17, 15) is 9.59 Å². The molecule has 108 valence electrons. The summed E-state index contributed by atoms with van der Waals surface area (Å²) in [6.45, 7) is 0.00523. The van der Waals surface area contributed by atoms with E-state index in [4.69, 9.17) is 6.42 Å². The molecular formula is C15H13BrN2O2S. The molecule has 4 nitrogen and oxygen atoms in total. The molecule has 0 saturated carbocycles. The van der Waals surface area contributed by atoms with E-state index in [1.54, 1.807) is 6.08 Å². The highest BCUT2D eigenvalue weighted by molar-refractivity contribution is 9.10. The van der Waals surface area contributed by atoms with E-state index < -0.39 is 0 Å². The Morgan fingerprint density at radius 2 is 2.14 bits per heavy atom. The molecule has 1 fully saturated rings. The molecular weight excluding hydrogens is 352 g/mol. The monoisotopic (exact) mass is 364 g/mol. The Morgan fingerprint density at radius 3 is 2.71 bits per heavy atom. The first-order chi connectivity index (χ1) is 9.93. The molecule has 6 heteroatoms. The molecule has 1 saturated heterocycles. The second-order valence-corrected chi connectivity index (χ2v) is 6.42. The minimum absolute atomic E-state index is 0.00523. The van der Waals surface area contributed by atoms with Gasteiger partial charge in [0, 0.05) is 18.6 Å². The third-order valence-corrected chi connectivity index (χ3v) is 4.42. The number of hydrogen-bond donors (Lipinski definition) is 0. The number of carbonyl (C=O) groups is 2. The molecule has 1 aromatic carbocycles. The van der Waals surface area contributed by atoms with Gasteiger partial charge in [-0.1, -0.05) is 12.0 Å². The Labute approximate surface area is 136 Å². The van der Waals surface area contributed by atoms with Crippen LogP contribution in [0.3, 0.4) is 0 Å². The average molecular weight is 365 g/mol. The van der Waals surface area contributed by atoms with Crippen molar-refractivity contribution in [1.82, 2.24) is 4.90 Å². The van der Waals surface area contributed by atoms with E-state index >= 15 is 0 Å². The van der Waals surface area contributed by atoms with Crippen LogP contribution in [0.15, 0.2) is 27.6 Å². The Kier molecular flexibility index (Phi) is 4.76. The Bertz CT molecular complexity index is 677. The Hall–Kier alpha value is -1.71. The van der Waals surface area contributed by atoms with Crippen LogP contribution in [0.25, 0.3) is 6.08 Å². The molecule has 0 unspecified atom stereocenters. The van der Waals surface area contributed by atoms with E-state index in [-0.39, 0.29) is 17.7 Å². The zero-order valence-electron chi connectivity index (χ0n) is 11.6. The quantitative estimate of drug-likeness (QED) is 0.610. The first-order valence-corrected chi connectivity index (χ1v) is 7.70. The van der Waals surface area contributed by atoms with Crippen LogP contribution >= 0.6 is 27.7 Å². The second-order valence-electron chi connectivity index (χ2n) is 4.58. The van der Waals surface area contributed by atoms with Crippen molar-refractivity contribution in [2.24, 2.45) is 0 Å². The van der Waals surface area contributed by atoms with Gasteiger partial charge in [-0.2, -0.15) is 0 Å². The number of carbonyl (C=O) groups excluding carboxylic acids is 2. The minimum Gasteiger partial charge on any atom is -0.377 e.